The number of benzene rings is 1. The van der Waals surface area contributed by atoms with Crippen molar-refractivity contribution >= 4 is 5.91 Å². The van der Waals surface area contributed by atoms with Crippen LogP contribution in [0.1, 0.15) is 51.3 Å². The molecular weight excluding hydrogens is 264 g/mol. The minimum Gasteiger partial charge on any atom is -0.484 e. The Labute approximate surface area is 128 Å². The van der Waals surface area contributed by atoms with E-state index in [1.165, 1.54) is 5.56 Å². The van der Waals surface area contributed by atoms with Crippen molar-refractivity contribution in [3.8, 4) is 5.75 Å². The van der Waals surface area contributed by atoms with Crippen LogP contribution in [0.5, 0.6) is 5.75 Å². The van der Waals surface area contributed by atoms with Gasteiger partial charge in [-0.25, -0.2) is 0 Å². The Kier molecular flexibility index (Phi) is 6.21. The summed E-state index contributed by atoms with van der Waals surface area (Å²) >= 11 is 0. The fraction of sp³-hybridized carbons (Fsp3) is 0.588. The number of aryl methyl sites for hydroxylation is 1. The summed E-state index contributed by atoms with van der Waals surface area (Å²) in [6, 6.07) is 6.34. The van der Waals surface area contributed by atoms with Crippen LogP contribution >= 0.6 is 0 Å². The van der Waals surface area contributed by atoms with Crippen molar-refractivity contribution in [3.63, 3.8) is 0 Å². The molecule has 0 radical (unpaired) electrons. The number of amides is 1. The molecule has 0 heterocycles. The van der Waals surface area contributed by atoms with Crippen LogP contribution in [0.4, 0.5) is 0 Å². The molecule has 0 aliphatic heterocycles. The first-order valence-corrected chi connectivity index (χ1v) is 7.50. The molecule has 4 heteroatoms. The SMILES string of the molecule is CCC(C)(C)NC(=O)COc1ccc(C(C)NC)cc1C. The topological polar surface area (TPSA) is 50.4 Å². The molecule has 1 atom stereocenters. The predicted molar refractivity (Wildman–Crippen MR) is 86.7 cm³/mol. The number of rotatable bonds is 7. The molecule has 0 fully saturated rings. The van der Waals surface area contributed by atoms with Crippen LogP contribution in [-0.2, 0) is 4.79 Å². The fourth-order valence-electron chi connectivity index (χ4n) is 1.92. The van der Waals surface area contributed by atoms with Gasteiger partial charge in [0.25, 0.3) is 5.91 Å². The highest BCUT2D eigenvalue weighted by molar-refractivity contribution is 5.78. The molecule has 21 heavy (non-hydrogen) atoms. The van der Waals surface area contributed by atoms with Gasteiger partial charge in [-0.1, -0.05) is 19.1 Å². The van der Waals surface area contributed by atoms with Gasteiger partial charge in [-0.2, -0.15) is 0 Å². The zero-order chi connectivity index (χ0) is 16.0. The maximum absolute atomic E-state index is 11.9. The van der Waals surface area contributed by atoms with E-state index in [1.807, 2.05) is 46.9 Å². The van der Waals surface area contributed by atoms with Crippen molar-refractivity contribution in [1.29, 1.82) is 0 Å². The quantitative estimate of drug-likeness (QED) is 0.812. The van der Waals surface area contributed by atoms with Crippen LogP contribution in [0.25, 0.3) is 0 Å². The molecular formula is C17H28N2O2. The van der Waals surface area contributed by atoms with E-state index in [-0.39, 0.29) is 18.1 Å². The van der Waals surface area contributed by atoms with Crippen molar-refractivity contribution in [3.05, 3.63) is 29.3 Å². The van der Waals surface area contributed by atoms with Crippen LogP contribution in [-0.4, -0.2) is 25.1 Å². The van der Waals surface area contributed by atoms with Gasteiger partial charge in [0.05, 0.1) is 0 Å². The number of nitrogens with one attached hydrogen (secondary N) is 2. The summed E-state index contributed by atoms with van der Waals surface area (Å²) in [5.41, 5.74) is 2.05. The second-order valence-corrected chi connectivity index (χ2v) is 6.11. The van der Waals surface area contributed by atoms with E-state index in [0.29, 0.717) is 6.04 Å². The van der Waals surface area contributed by atoms with E-state index < -0.39 is 0 Å². The Bertz CT molecular complexity index is 484. The molecule has 1 rings (SSSR count). The standard InChI is InChI=1S/C17H28N2O2/c1-7-17(4,5)19-16(20)11-21-15-9-8-14(10-12(15)2)13(3)18-6/h8-10,13,18H,7,11H2,1-6H3,(H,19,20). The minimum atomic E-state index is -0.193. The van der Waals surface area contributed by atoms with Crippen LogP contribution < -0.4 is 15.4 Å². The average Bonchev–Trinajstić information content (AvgIpc) is 2.44. The van der Waals surface area contributed by atoms with Crippen molar-refractivity contribution < 1.29 is 9.53 Å². The van der Waals surface area contributed by atoms with Crippen LogP contribution in [0, 0.1) is 6.92 Å². The Morgan fingerprint density at radius 1 is 1.38 bits per heavy atom. The Morgan fingerprint density at radius 2 is 2.05 bits per heavy atom. The summed E-state index contributed by atoms with van der Waals surface area (Å²) < 4.78 is 5.62. The summed E-state index contributed by atoms with van der Waals surface area (Å²) in [5.74, 6) is 0.667. The van der Waals surface area contributed by atoms with E-state index in [2.05, 4.69) is 23.6 Å². The summed E-state index contributed by atoms with van der Waals surface area (Å²) in [7, 11) is 1.93. The molecule has 0 bridgehead atoms. The summed E-state index contributed by atoms with van der Waals surface area (Å²) in [6.07, 6.45) is 0.883. The predicted octanol–water partition coefficient (Wildman–Crippen LogP) is 2.96. The zero-order valence-electron chi connectivity index (χ0n) is 14.0. The first-order valence-electron chi connectivity index (χ1n) is 7.50. The molecule has 2 N–H and O–H groups in total. The lowest BCUT2D eigenvalue weighted by molar-refractivity contribution is -0.124. The maximum atomic E-state index is 11.9. The average molecular weight is 292 g/mol. The second kappa shape index (κ2) is 7.46. The Balaban J connectivity index is 2.62. The highest BCUT2D eigenvalue weighted by Crippen LogP contribution is 2.22. The van der Waals surface area contributed by atoms with Gasteiger partial charge in [0, 0.05) is 11.6 Å². The number of hydrogen-bond acceptors (Lipinski definition) is 3. The van der Waals surface area contributed by atoms with Crippen LogP contribution in [0.3, 0.4) is 0 Å². The highest BCUT2D eigenvalue weighted by Gasteiger charge is 2.18. The van der Waals surface area contributed by atoms with Gasteiger partial charge < -0.3 is 15.4 Å². The van der Waals surface area contributed by atoms with E-state index >= 15 is 0 Å². The number of hydrogen-bond donors (Lipinski definition) is 2. The summed E-state index contributed by atoms with van der Waals surface area (Å²) in [5, 5.41) is 6.17. The van der Waals surface area contributed by atoms with Gasteiger partial charge >= 0.3 is 0 Å². The first-order chi connectivity index (χ1) is 9.79. The number of carbonyl (C=O) groups excluding carboxylic acids is 1. The largest absolute Gasteiger partial charge is 0.484 e. The van der Waals surface area contributed by atoms with Gasteiger partial charge in [0.2, 0.25) is 0 Å². The van der Waals surface area contributed by atoms with Gasteiger partial charge in [-0.05, 0) is 58.4 Å². The first kappa shape index (κ1) is 17.5. The van der Waals surface area contributed by atoms with Gasteiger partial charge in [0.1, 0.15) is 5.75 Å². The summed E-state index contributed by atoms with van der Waals surface area (Å²) in [6.45, 7) is 10.2. The molecule has 118 valence electrons. The molecule has 0 saturated heterocycles. The van der Waals surface area contributed by atoms with Gasteiger partial charge in [-0.15, -0.1) is 0 Å². The molecule has 1 unspecified atom stereocenters. The molecule has 1 aromatic rings. The molecule has 1 aromatic carbocycles. The third kappa shape index (κ3) is 5.38. The number of carbonyl (C=O) groups is 1. The lowest BCUT2D eigenvalue weighted by atomic mass is 10.0. The lowest BCUT2D eigenvalue weighted by Gasteiger charge is -2.24. The smallest absolute Gasteiger partial charge is 0.258 e. The second-order valence-electron chi connectivity index (χ2n) is 6.11. The maximum Gasteiger partial charge on any atom is 0.258 e. The van der Waals surface area contributed by atoms with Gasteiger partial charge in [-0.3, -0.25) is 4.79 Å². The van der Waals surface area contributed by atoms with E-state index in [1.54, 1.807) is 0 Å². The Morgan fingerprint density at radius 3 is 2.57 bits per heavy atom. The van der Waals surface area contributed by atoms with Crippen LogP contribution in [0.2, 0.25) is 0 Å². The van der Waals surface area contributed by atoms with Crippen molar-refractivity contribution in [2.45, 2.75) is 52.6 Å². The van der Waals surface area contributed by atoms with Crippen LogP contribution in [0.15, 0.2) is 18.2 Å². The van der Waals surface area contributed by atoms with E-state index in [0.717, 1.165) is 17.7 Å². The highest BCUT2D eigenvalue weighted by atomic mass is 16.5. The summed E-state index contributed by atoms with van der Waals surface area (Å²) in [4.78, 5) is 11.9. The van der Waals surface area contributed by atoms with E-state index in [4.69, 9.17) is 4.74 Å². The number of ether oxygens (including phenoxy) is 1. The molecule has 1 amide bonds. The molecule has 0 aliphatic carbocycles. The van der Waals surface area contributed by atoms with E-state index in [9.17, 15) is 4.79 Å². The monoisotopic (exact) mass is 292 g/mol. The molecule has 0 spiro atoms. The fourth-order valence-corrected chi connectivity index (χ4v) is 1.92. The third-order valence-corrected chi connectivity index (χ3v) is 3.85. The normalized spacial score (nSPS) is 12.9. The van der Waals surface area contributed by atoms with Crippen molar-refractivity contribution in [1.82, 2.24) is 10.6 Å². The molecule has 4 nitrogen and oxygen atoms in total. The minimum absolute atomic E-state index is 0.0468. The lowest BCUT2D eigenvalue weighted by Crippen LogP contribution is -2.44. The third-order valence-electron chi connectivity index (χ3n) is 3.85. The molecule has 0 aliphatic rings. The van der Waals surface area contributed by atoms with Crippen molar-refractivity contribution in [2.24, 2.45) is 0 Å². The molecule has 0 saturated carbocycles. The molecule has 0 aromatic heterocycles. The van der Waals surface area contributed by atoms with Crippen molar-refractivity contribution in [2.75, 3.05) is 13.7 Å². The zero-order valence-corrected chi connectivity index (χ0v) is 14.0. The Hall–Kier alpha value is -1.55. The van der Waals surface area contributed by atoms with Gasteiger partial charge in [0.15, 0.2) is 6.61 Å².